The summed E-state index contributed by atoms with van der Waals surface area (Å²) < 4.78 is 0. The van der Waals surface area contributed by atoms with E-state index >= 15 is 0 Å². The third-order valence-corrected chi connectivity index (χ3v) is 6.76. The first-order valence-electron chi connectivity index (χ1n) is 10.6. The second kappa shape index (κ2) is 10.8. The van der Waals surface area contributed by atoms with Gasteiger partial charge in [0.15, 0.2) is 0 Å². The molecule has 32 heavy (non-hydrogen) atoms. The van der Waals surface area contributed by atoms with Crippen molar-refractivity contribution in [3.8, 4) is 0 Å². The molecule has 2 unspecified atom stereocenters. The van der Waals surface area contributed by atoms with Crippen molar-refractivity contribution in [2.45, 2.75) is 42.1 Å². The van der Waals surface area contributed by atoms with E-state index in [1.807, 2.05) is 24.3 Å². The summed E-state index contributed by atoms with van der Waals surface area (Å²) >= 11 is 1.37. The molecule has 8 heteroatoms. The molecular weight excluding hydrogens is 428 g/mol. The summed E-state index contributed by atoms with van der Waals surface area (Å²) in [5, 5.41) is 30.9. The van der Waals surface area contributed by atoms with Gasteiger partial charge < -0.3 is 15.1 Å². The normalized spacial score (nSPS) is 19.0. The number of piperidine rings is 1. The maximum absolute atomic E-state index is 12.5. The van der Waals surface area contributed by atoms with E-state index in [9.17, 15) is 25.1 Å². The van der Waals surface area contributed by atoms with Gasteiger partial charge in [-0.1, -0.05) is 49.9 Å². The summed E-state index contributed by atoms with van der Waals surface area (Å²) in [6, 6.07) is 12.8. The third kappa shape index (κ3) is 5.76. The minimum Gasteiger partial charge on any atom is -0.396 e. The molecule has 0 saturated carbocycles. The zero-order valence-electron chi connectivity index (χ0n) is 18.2. The predicted octanol–water partition coefficient (Wildman–Crippen LogP) is 4.08. The summed E-state index contributed by atoms with van der Waals surface area (Å²) in [5.41, 5.74) is 1.68. The first-order valence-corrected chi connectivity index (χ1v) is 11.4. The van der Waals surface area contributed by atoms with Gasteiger partial charge in [0.1, 0.15) is 0 Å². The molecule has 1 fully saturated rings. The molecule has 1 saturated heterocycles. The Morgan fingerprint density at radius 1 is 1.28 bits per heavy atom. The topological polar surface area (TPSA) is 104 Å². The Labute approximate surface area is 191 Å². The van der Waals surface area contributed by atoms with Crippen LogP contribution >= 0.6 is 11.8 Å². The molecule has 0 aromatic heterocycles. The maximum atomic E-state index is 12.5. The second-order valence-electron chi connectivity index (χ2n) is 8.20. The molecule has 170 valence electrons. The first kappa shape index (κ1) is 24.0. The van der Waals surface area contributed by atoms with Gasteiger partial charge in [0, 0.05) is 36.0 Å². The average Bonchev–Trinajstić information content (AvgIpc) is 2.78. The minimum absolute atomic E-state index is 0.00963. The molecule has 1 amide bonds. The monoisotopic (exact) mass is 456 g/mol. The highest BCUT2D eigenvalue weighted by Gasteiger charge is 2.28. The third-order valence-electron chi connectivity index (χ3n) is 5.60. The van der Waals surface area contributed by atoms with Gasteiger partial charge in [-0.2, -0.15) is 0 Å². The summed E-state index contributed by atoms with van der Waals surface area (Å²) in [4.78, 5) is 26.9. The molecule has 3 rings (SSSR count). The fourth-order valence-corrected chi connectivity index (χ4v) is 4.89. The largest absolute Gasteiger partial charge is 0.396 e. The number of hydrogen-bond donors (Lipinski definition) is 2. The number of likely N-dealkylation sites (tertiary alicyclic amines) is 1. The van der Waals surface area contributed by atoms with Gasteiger partial charge in [0.2, 0.25) is 5.91 Å². The second-order valence-corrected chi connectivity index (χ2v) is 9.28. The van der Waals surface area contributed by atoms with Crippen LogP contribution in [0.1, 0.15) is 37.3 Å². The van der Waals surface area contributed by atoms with Crippen molar-refractivity contribution in [2.75, 3.05) is 19.7 Å². The van der Waals surface area contributed by atoms with Gasteiger partial charge in [-0.25, -0.2) is 0 Å². The molecule has 0 bridgehead atoms. The molecule has 7 nitrogen and oxygen atoms in total. The Bertz CT molecular complexity index is 1010. The molecule has 1 aliphatic rings. The van der Waals surface area contributed by atoms with Gasteiger partial charge in [-0.05, 0) is 41.7 Å². The van der Waals surface area contributed by atoms with Crippen LogP contribution in [0.25, 0.3) is 6.08 Å². The number of carbonyl (C=O) groups is 1. The van der Waals surface area contributed by atoms with E-state index in [1.165, 1.54) is 23.9 Å². The molecule has 2 atom stereocenters. The standard InChI is InChI=1S/C24H28N2O5S/c1-16(2)19-5-3-4-6-22(19)32-23-9-7-17(13-20(23)26(30)31)8-10-24(29)25-12-11-21(28)18(14-25)15-27/h3-10,13,16,18,21,27-28H,11-12,14-15H2,1-2H3/b10-8+. The highest BCUT2D eigenvalue weighted by molar-refractivity contribution is 7.99. The van der Waals surface area contributed by atoms with E-state index in [-0.39, 0.29) is 30.7 Å². The molecule has 2 aromatic rings. The lowest BCUT2D eigenvalue weighted by Crippen LogP contribution is -2.46. The van der Waals surface area contributed by atoms with Crippen LogP contribution < -0.4 is 0 Å². The zero-order chi connectivity index (χ0) is 23.3. The van der Waals surface area contributed by atoms with Crippen LogP contribution in [0.2, 0.25) is 0 Å². The quantitative estimate of drug-likeness (QED) is 0.370. The first-order chi connectivity index (χ1) is 15.3. The number of aliphatic hydroxyl groups is 2. The van der Waals surface area contributed by atoms with E-state index in [1.54, 1.807) is 23.1 Å². The van der Waals surface area contributed by atoms with Crippen LogP contribution in [0.3, 0.4) is 0 Å². The zero-order valence-corrected chi connectivity index (χ0v) is 19.0. The van der Waals surface area contributed by atoms with Crippen LogP contribution in [0, 0.1) is 16.0 Å². The van der Waals surface area contributed by atoms with Crippen LogP contribution in [-0.4, -0.2) is 51.7 Å². The van der Waals surface area contributed by atoms with Crippen molar-refractivity contribution in [1.29, 1.82) is 0 Å². The van der Waals surface area contributed by atoms with Crippen LogP contribution in [0.4, 0.5) is 5.69 Å². The molecule has 2 aromatic carbocycles. The molecule has 1 heterocycles. The Kier molecular flexibility index (Phi) is 8.06. The van der Waals surface area contributed by atoms with Crippen molar-refractivity contribution in [3.05, 3.63) is 69.8 Å². The lowest BCUT2D eigenvalue weighted by molar-refractivity contribution is -0.387. The molecule has 2 N–H and O–H groups in total. The van der Waals surface area contributed by atoms with Crippen molar-refractivity contribution in [3.63, 3.8) is 0 Å². The number of nitrogens with zero attached hydrogens (tertiary/aromatic N) is 2. The van der Waals surface area contributed by atoms with E-state index in [4.69, 9.17) is 0 Å². The summed E-state index contributed by atoms with van der Waals surface area (Å²) in [6.45, 7) is 4.69. The summed E-state index contributed by atoms with van der Waals surface area (Å²) in [7, 11) is 0. The van der Waals surface area contributed by atoms with Gasteiger partial charge >= 0.3 is 0 Å². The highest BCUT2D eigenvalue weighted by atomic mass is 32.2. The number of benzene rings is 2. The molecule has 1 aliphatic heterocycles. The van der Waals surface area contributed by atoms with Crippen molar-refractivity contribution in [2.24, 2.45) is 5.92 Å². The average molecular weight is 457 g/mol. The van der Waals surface area contributed by atoms with E-state index < -0.39 is 11.0 Å². The summed E-state index contributed by atoms with van der Waals surface area (Å²) in [5.74, 6) is -0.304. The number of carbonyl (C=O) groups excluding carboxylic acids is 1. The van der Waals surface area contributed by atoms with E-state index in [0.29, 0.717) is 29.3 Å². The van der Waals surface area contributed by atoms with Crippen molar-refractivity contribution >= 4 is 29.4 Å². The van der Waals surface area contributed by atoms with Gasteiger partial charge in [-0.3, -0.25) is 14.9 Å². The molecular formula is C24H28N2O5S. The number of amides is 1. The van der Waals surface area contributed by atoms with Crippen LogP contribution in [-0.2, 0) is 4.79 Å². The SMILES string of the molecule is CC(C)c1ccccc1Sc1ccc(/C=C/C(=O)N2CCC(O)C(CO)C2)cc1[N+](=O)[O-]. The van der Waals surface area contributed by atoms with Gasteiger partial charge in [0.25, 0.3) is 5.69 Å². The Hall–Kier alpha value is -2.68. The number of nitro benzene ring substituents is 1. The number of rotatable bonds is 7. The van der Waals surface area contributed by atoms with Gasteiger partial charge in [-0.15, -0.1) is 0 Å². The van der Waals surface area contributed by atoms with Crippen LogP contribution in [0.5, 0.6) is 0 Å². The molecule has 0 spiro atoms. The molecule has 0 aliphatic carbocycles. The molecule has 0 radical (unpaired) electrons. The van der Waals surface area contributed by atoms with E-state index in [0.717, 1.165) is 10.5 Å². The summed E-state index contributed by atoms with van der Waals surface area (Å²) in [6.07, 6.45) is 2.75. The fraction of sp³-hybridized carbons (Fsp3) is 0.375. The maximum Gasteiger partial charge on any atom is 0.283 e. The predicted molar refractivity (Wildman–Crippen MR) is 125 cm³/mol. The number of nitro groups is 1. The Morgan fingerprint density at radius 3 is 2.72 bits per heavy atom. The van der Waals surface area contributed by atoms with E-state index in [2.05, 4.69) is 13.8 Å². The Balaban J connectivity index is 1.78. The number of aliphatic hydroxyl groups excluding tert-OH is 2. The lowest BCUT2D eigenvalue weighted by atomic mass is 9.95. The van der Waals surface area contributed by atoms with Crippen LogP contribution in [0.15, 0.2) is 58.3 Å². The highest BCUT2D eigenvalue weighted by Crippen LogP contribution is 2.39. The van der Waals surface area contributed by atoms with Crippen molar-refractivity contribution < 1.29 is 19.9 Å². The Morgan fingerprint density at radius 2 is 2.03 bits per heavy atom. The smallest absolute Gasteiger partial charge is 0.283 e. The lowest BCUT2D eigenvalue weighted by Gasteiger charge is -2.34. The van der Waals surface area contributed by atoms with Gasteiger partial charge in [0.05, 0.1) is 22.5 Å². The van der Waals surface area contributed by atoms with Crippen molar-refractivity contribution in [1.82, 2.24) is 4.90 Å². The minimum atomic E-state index is -0.610. The number of hydrogen-bond acceptors (Lipinski definition) is 6. The fourth-order valence-electron chi connectivity index (χ4n) is 3.71.